The summed E-state index contributed by atoms with van der Waals surface area (Å²) in [6.45, 7) is 0. The number of methoxy groups -OCH3 is 1. The maximum absolute atomic E-state index is 4.86. The SMILES string of the molecule is CNc1nc(NC)nc(OC)n1. The molecule has 1 aromatic heterocycles. The van der Waals surface area contributed by atoms with Gasteiger partial charge in [0.25, 0.3) is 0 Å². The largest absolute Gasteiger partial charge is 0.467 e. The van der Waals surface area contributed by atoms with Crippen LogP contribution in [0.3, 0.4) is 0 Å². The first kappa shape index (κ1) is 8.51. The molecule has 0 atom stereocenters. The lowest BCUT2D eigenvalue weighted by Gasteiger charge is -2.03. The Labute approximate surface area is 70.4 Å². The van der Waals surface area contributed by atoms with Gasteiger partial charge >= 0.3 is 6.01 Å². The Kier molecular flexibility index (Phi) is 2.62. The fraction of sp³-hybridized carbons (Fsp3) is 0.500. The summed E-state index contributed by atoms with van der Waals surface area (Å²) in [6.07, 6.45) is 0. The maximum Gasteiger partial charge on any atom is 0.322 e. The molecule has 2 N–H and O–H groups in total. The topological polar surface area (TPSA) is 72.0 Å². The van der Waals surface area contributed by atoms with Crippen LogP contribution in [0.4, 0.5) is 11.9 Å². The van der Waals surface area contributed by atoms with Crippen molar-refractivity contribution in [2.24, 2.45) is 0 Å². The molecule has 0 spiro atoms. The van der Waals surface area contributed by atoms with E-state index in [0.717, 1.165) is 0 Å². The second kappa shape index (κ2) is 3.70. The minimum Gasteiger partial charge on any atom is -0.467 e. The molecule has 1 heterocycles. The lowest BCUT2D eigenvalue weighted by molar-refractivity contribution is 0.379. The molecule has 6 heteroatoms. The summed E-state index contributed by atoms with van der Waals surface area (Å²) >= 11 is 0. The molecule has 0 aliphatic rings. The number of hydrogen-bond donors (Lipinski definition) is 2. The van der Waals surface area contributed by atoms with E-state index in [9.17, 15) is 0 Å². The van der Waals surface area contributed by atoms with Gasteiger partial charge in [0.1, 0.15) is 0 Å². The summed E-state index contributed by atoms with van der Waals surface area (Å²) in [6, 6.07) is 0.290. The normalized spacial score (nSPS) is 9.25. The van der Waals surface area contributed by atoms with E-state index in [2.05, 4.69) is 25.6 Å². The lowest BCUT2D eigenvalue weighted by Crippen LogP contribution is -2.05. The number of rotatable bonds is 3. The number of anilines is 2. The van der Waals surface area contributed by atoms with Gasteiger partial charge in [-0.15, -0.1) is 0 Å². The number of nitrogens with zero attached hydrogens (tertiary/aromatic N) is 3. The molecule has 0 radical (unpaired) electrons. The van der Waals surface area contributed by atoms with E-state index in [-0.39, 0.29) is 0 Å². The lowest BCUT2D eigenvalue weighted by atomic mass is 10.8. The van der Waals surface area contributed by atoms with E-state index >= 15 is 0 Å². The van der Waals surface area contributed by atoms with Crippen LogP contribution in [0.2, 0.25) is 0 Å². The Bertz CT molecular complexity index is 209. The molecule has 1 aromatic rings. The Morgan fingerprint density at radius 2 is 1.50 bits per heavy atom. The molecule has 0 fully saturated rings. The van der Waals surface area contributed by atoms with Crippen LogP contribution in [0.25, 0.3) is 0 Å². The van der Waals surface area contributed by atoms with E-state index < -0.39 is 0 Å². The van der Waals surface area contributed by atoms with E-state index in [1.165, 1.54) is 7.11 Å². The van der Waals surface area contributed by atoms with Crippen LogP contribution in [-0.4, -0.2) is 36.2 Å². The molecular formula is C6H11N5O. The van der Waals surface area contributed by atoms with Gasteiger partial charge in [-0.25, -0.2) is 0 Å². The zero-order valence-electron chi connectivity index (χ0n) is 7.25. The van der Waals surface area contributed by atoms with Crippen LogP contribution in [0.15, 0.2) is 0 Å². The monoisotopic (exact) mass is 169 g/mol. The zero-order chi connectivity index (χ0) is 8.97. The molecule has 66 valence electrons. The molecule has 0 aromatic carbocycles. The Hall–Kier alpha value is -1.59. The minimum absolute atomic E-state index is 0.290. The Morgan fingerprint density at radius 1 is 1.00 bits per heavy atom. The number of ether oxygens (including phenoxy) is 1. The average Bonchev–Trinajstić information content (AvgIpc) is 2.16. The van der Waals surface area contributed by atoms with Crippen molar-refractivity contribution in [3.8, 4) is 6.01 Å². The summed E-state index contributed by atoms with van der Waals surface area (Å²) in [5.41, 5.74) is 0. The second-order valence-corrected chi connectivity index (χ2v) is 1.97. The van der Waals surface area contributed by atoms with Gasteiger partial charge in [-0.3, -0.25) is 0 Å². The van der Waals surface area contributed by atoms with Crippen LogP contribution in [-0.2, 0) is 0 Å². The molecule has 6 nitrogen and oxygen atoms in total. The fourth-order valence-electron chi connectivity index (χ4n) is 0.671. The van der Waals surface area contributed by atoms with Crippen molar-refractivity contribution in [2.75, 3.05) is 31.8 Å². The number of nitrogens with one attached hydrogen (secondary N) is 2. The first-order valence-corrected chi connectivity index (χ1v) is 3.45. The maximum atomic E-state index is 4.86. The van der Waals surface area contributed by atoms with Gasteiger partial charge in [0, 0.05) is 14.1 Å². The van der Waals surface area contributed by atoms with Gasteiger partial charge in [-0.2, -0.15) is 15.0 Å². The highest BCUT2D eigenvalue weighted by molar-refractivity contribution is 5.34. The van der Waals surface area contributed by atoms with Crippen LogP contribution in [0.5, 0.6) is 6.01 Å². The molecule has 0 saturated heterocycles. The average molecular weight is 169 g/mol. The first-order valence-electron chi connectivity index (χ1n) is 3.45. The standard InChI is InChI=1S/C6H11N5O/c1-7-4-9-5(8-2)11-6(10-4)12-3/h1-3H3,(H2,7,8,9,10,11). The van der Waals surface area contributed by atoms with Crippen LogP contribution in [0.1, 0.15) is 0 Å². The van der Waals surface area contributed by atoms with E-state index in [0.29, 0.717) is 17.9 Å². The smallest absolute Gasteiger partial charge is 0.322 e. The Balaban J connectivity index is 3.01. The summed E-state index contributed by atoms with van der Waals surface area (Å²) < 4.78 is 4.86. The van der Waals surface area contributed by atoms with Gasteiger partial charge in [0.05, 0.1) is 7.11 Å². The van der Waals surface area contributed by atoms with E-state index in [1.807, 2.05) is 0 Å². The van der Waals surface area contributed by atoms with Crippen LogP contribution >= 0.6 is 0 Å². The fourth-order valence-corrected chi connectivity index (χ4v) is 0.671. The first-order chi connectivity index (χ1) is 5.80. The molecule has 0 unspecified atom stereocenters. The predicted molar refractivity (Wildman–Crippen MR) is 45.5 cm³/mol. The molecule has 12 heavy (non-hydrogen) atoms. The number of aromatic nitrogens is 3. The van der Waals surface area contributed by atoms with Crippen molar-refractivity contribution < 1.29 is 4.74 Å². The highest BCUT2D eigenvalue weighted by Gasteiger charge is 2.02. The molecule has 1 rings (SSSR count). The summed E-state index contributed by atoms with van der Waals surface area (Å²) in [7, 11) is 4.97. The second-order valence-electron chi connectivity index (χ2n) is 1.97. The minimum atomic E-state index is 0.290. The molecule has 0 bridgehead atoms. The zero-order valence-corrected chi connectivity index (χ0v) is 7.25. The third-order valence-corrected chi connectivity index (χ3v) is 1.24. The van der Waals surface area contributed by atoms with Crippen molar-refractivity contribution >= 4 is 11.9 Å². The van der Waals surface area contributed by atoms with Gasteiger partial charge < -0.3 is 15.4 Å². The summed E-state index contributed by atoms with van der Waals surface area (Å²) in [4.78, 5) is 11.8. The predicted octanol–water partition coefficient (Wildman–Crippen LogP) is -0.0364. The van der Waals surface area contributed by atoms with Gasteiger partial charge in [0.2, 0.25) is 11.9 Å². The molecule has 0 aliphatic heterocycles. The molecule has 0 aliphatic carbocycles. The van der Waals surface area contributed by atoms with Crippen molar-refractivity contribution in [2.45, 2.75) is 0 Å². The van der Waals surface area contributed by atoms with Gasteiger partial charge in [-0.1, -0.05) is 0 Å². The van der Waals surface area contributed by atoms with Gasteiger partial charge in [0.15, 0.2) is 0 Å². The van der Waals surface area contributed by atoms with Gasteiger partial charge in [-0.05, 0) is 0 Å². The van der Waals surface area contributed by atoms with Crippen molar-refractivity contribution in [3.63, 3.8) is 0 Å². The Morgan fingerprint density at radius 3 is 1.83 bits per heavy atom. The summed E-state index contributed by atoms with van der Waals surface area (Å²) in [5, 5.41) is 5.59. The van der Waals surface area contributed by atoms with E-state index in [4.69, 9.17) is 4.74 Å². The van der Waals surface area contributed by atoms with Crippen molar-refractivity contribution in [1.82, 2.24) is 15.0 Å². The molecule has 0 amide bonds. The van der Waals surface area contributed by atoms with Crippen molar-refractivity contribution in [1.29, 1.82) is 0 Å². The third kappa shape index (κ3) is 1.71. The highest BCUT2D eigenvalue weighted by atomic mass is 16.5. The molecule has 0 saturated carbocycles. The van der Waals surface area contributed by atoms with E-state index in [1.54, 1.807) is 14.1 Å². The quantitative estimate of drug-likeness (QED) is 0.661. The third-order valence-electron chi connectivity index (χ3n) is 1.24. The van der Waals surface area contributed by atoms with Crippen LogP contribution in [0, 0.1) is 0 Å². The summed E-state index contributed by atoms with van der Waals surface area (Å²) in [5.74, 6) is 0.956. The molecular weight excluding hydrogens is 158 g/mol. The highest BCUT2D eigenvalue weighted by Crippen LogP contribution is 2.08. The van der Waals surface area contributed by atoms with Crippen molar-refractivity contribution in [3.05, 3.63) is 0 Å². The van der Waals surface area contributed by atoms with Crippen LogP contribution < -0.4 is 15.4 Å². The number of hydrogen-bond acceptors (Lipinski definition) is 6.